The van der Waals surface area contributed by atoms with Crippen LogP contribution in [-0.4, -0.2) is 39.8 Å². The van der Waals surface area contributed by atoms with Gasteiger partial charge in [0.25, 0.3) is 0 Å². The van der Waals surface area contributed by atoms with Crippen LogP contribution in [0.2, 0.25) is 10.0 Å². The highest BCUT2D eigenvalue weighted by Crippen LogP contribution is 2.26. The molecule has 1 unspecified atom stereocenters. The molecule has 2 rings (SSSR count). The van der Waals surface area contributed by atoms with Crippen LogP contribution in [-0.2, 0) is 16.6 Å². The van der Waals surface area contributed by atoms with Crippen LogP contribution in [0.1, 0.15) is 24.1 Å². The number of hydrogen-bond donors (Lipinski definition) is 2. The predicted molar refractivity (Wildman–Crippen MR) is 131 cm³/mol. The molecule has 0 heterocycles. The molecule has 0 saturated carbocycles. The Hall–Kier alpha value is -1.07. The van der Waals surface area contributed by atoms with Gasteiger partial charge in [-0.1, -0.05) is 41.4 Å². The highest BCUT2D eigenvalue weighted by atomic mass is 127. The van der Waals surface area contributed by atoms with E-state index in [1.807, 2.05) is 13.0 Å². The summed E-state index contributed by atoms with van der Waals surface area (Å²) in [5.74, 6) is 0.600. The first-order chi connectivity index (χ1) is 13.1. The summed E-state index contributed by atoms with van der Waals surface area (Å²) >= 11 is 12.2. The first-order valence-corrected chi connectivity index (χ1v) is 10.8. The number of hydrogen-bond acceptors (Lipinski definition) is 3. The number of nitrogens with one attached hydrogen (secondary N) is 2. The standard InChI is InChI=1S/C19H24Cl2N4O2S.HI/c1-13(17-10-7-15(20)11-18(17)21)24-19(22-2)23-12-14-5-8-16(9-6-14)28(26,27)25(3)4;/h5-11,13H,12H2,1-4H3,(H2,22,23,24);1H. The molecule has 6 nitrogen and oxygen atoms in total. The van der Waals surface area contributed by atoms with E-state index in [1.54, 1.807) is 43.4 Å². The van der Waals surface area contributed by atoms with Crippen LogP contribution in [0.4, 0.5) is 0 Å². The van der Waals surface area contributed by atoms with Crippen molar-refractivity contribution in [3.63, 3.8) is 0 Å². The largest absolute Gasteiger partial charge is 0.352 e. The van der Waals surface area contributed by atoms with Gasteiger partial charge in [0.15, 0.2) is 5.96 Å². The molecule has 0 aromatic heterocycles. The fourth-order valence-electron chi connectivity index (χ4n) is 2.51. The number of benzene rings is 2. The third kappa shape index (κ3) is 6.99. The van der Waals surface area contributed by atoms with Gasteiger partial charge in [0, 0.05) is 37.7 Å². The highest BCUT2D eigenvalue weighted by molar-refractivity contribution is 14.0. The number of sulfonamides is 1. The average molecular weight is 571 g/mol. The lowest BCUT2D eigenvalue weighted by molar-refractivity contribution is 0.520. The first-order valence-electron chi connectivity index (χ1n) is 8.58. The summed E-state index contributed by atoms with van der Waals surface area (Å²) in [4.78, 5) is 4.48. The molecule has 2 N–H and O–H groups in total. The van der Waals surface area contributed by atoms with Crippen molar-refractivity contribution in [2.45, 2.75) is 24.4 Å². The molecule has 29 heavy (non-hydrogen) atoms. The Labute approximate surface area is 199 Å². The molecule has 0 spiro atoms. The van der Waals surface area contributed by atoms with Crippen molar-refractivity contribution in [1.82, 2.24) is 14.9 Å². The van der Waals surface area contributed by atoms with Gasteiger partial charge < -0.3 is 10.6 Å². The van der Waals surface area contributed by atoms with E-state index >= 15 is 0 Å². The Kier molecular flexibility index (Phi) is 10.2. The van der Waals surface area contributed by atoms with Crippen LogP contribution in [0, 0.1) is 0 Å². The molecule has 10 heteroatoms. The molecule has 0 fully saturated rings. The van der Waals surface area contributed by atoms with E-state index in [-0.39, 0.29) is 34.9 Å². The number of guanidine groups is 1. The zero-order valence-corrected chi connectivity index (χ0v) is 21.3. The number of nitrogens with zero attached hydrogens (tertiary/aromatic N) is 2. The third-order valence-corrected chi connectivity index (χ3v) is 6.56. The SMILES string of the molecule is CN=C(NCc1ccc(S(=O)(=O)N(C)C)cc1)NC(C)c1ccc(Cl)cc1Cl.I. The monoisotopic (exact) mass is 570 g/mol. The lowest BCUT2D eigenvalue weighted by atomic mass is 10.1. The quantitative estimate of drug-likeness (QED) is 0.309. The van der Waals surface area contributed by atoms with Crippen molar-refractivity contribution in [1.29, 1.82) is 0 Å². The minimum Gasteiger partial charge on any atom is -0.352 e. The van der Waals surface area contributed by atoms with E-state index in [2.05, 4.69) is 15.6 Å². The third-order valence-electron chi connectivity index (χ3n) is 4.17. The highest BCUT2D eigenvalue weighted by Gasteiger charge is 2.16. The van der Waals surface area contributed by atoms with Gasteiger partial charge in [-0.05, 0) is 42.3 Å². The number of aliphatic imine (C=N–C) groups is 1. The fraction of sp³-hybridized carbons (Fsp3) is 0.316. The summed E-state index contributed by atoms with van der Waals surface area (Å²) < 4.78 is 25.4. The lowest BCUT2D eigenvalue weighted by Crippen LogP contribution is -2.38. The average Bonchev–Trinajstić information content (AvgIpc) is 2.65. The van der Waals surface area contributed by atoms with E-state index in [0.717, 1.165) is 11.1 Å². The molecule has 0 radical (unpaired) electrons. The molecule has 0 saturated heterocycles. The Morgan fingerprint density at radius 1 is 1.14 bits per heavy atom. The normalized spacial score (nSPS) is 13.0. The van der Waals surface area contributed by atoms with Crippen molar-refractivity contribution < 1.29 is 8.42 Å². The molecule has 0 aliphatic heterocycles. The summed E-state index contributed by atoms with van der Waals surface area (Å²) in [5, 5.41) is 7.65. The molecule has 2 aromatic rings. The van der Waals surface area contributed by atoms with Crippen molar-refractivity contribution in [3.8, 4) is 0 Å². The van der Waals surface area contributed by atoms with Crippen molar-refractivity contribution in [2.75, 3.05) is 21.1 Å². The molecule has 160 valence electrons. The summed E-state index contributed by atoms with van der Waals surface area (Å²) in [7, 11) is 1.27. The van der Waals surface area contributed by atoms with Crippen LogP contribution in [0.3, 0.4) is 0 Å². The van der Waals surface area contributed by atoms with Crippen LogP contribution in [0.5, 0.6) is 0 Å². The van der Waals surface area contributed by atoms with Crippen LogP contribution in [0.15, 0.2) is 52.4 Å². The summed E-state index contributed by atoms with van der Waals surface area (Å²) in [6.45, 7) is 2.46. The number of rotatable bonds is 6. The molecule has 0 amide bonds. The van der Waals surface area contributed by atoms with Crippen LogP contribution < -0.4 is 10.6 Å². The molecule has 0 bridgehead atoms. The zero-order chi connectivity index (χ0) is 20.9. The fourth-order valence-corrected chi connectivity index (χ4v) is 3.98. The van der Waals surface area contributed by atoms with Crippen LogP contribution >= 0.6 is 47.2 Å². The Balaban J connectivity index is 0.00000420. The van der Waals surface area contributed by atoms with E-state index in [0.29, 0.717) is 22.5 Å². The van der Waals surface area contributed by atoms with Gasteiger partial charge in [-0.3, -0.25) is 4.99 Å². The lowest BCUT2D eigenvalue weighted by Gasteiger charge is -2.19. The maximum absolute atomic E-state index is 12.1. The van der Waals surface area contributed by atoms with Gasteiger partial charge in [0.05, 0.1) is 10.9 Å². The Bertz CT molecular complexity index is 951. The summed E-state index contributed by atoms with van der Waals surface area (Å²) in [6.07, 6.45) is 0. The maximum atomic E-state index is 12.1. The molecule has 2 aromatic carbocycles. The summed E-state index contributed by atoms with van der Waals surface area (Å²) in [5.41, 5.74) is 1.84. The first kappa shape index (κ1) is 26.0. The van der Waals surface area contributed by atoms with E-state index in [4.69, 9.17) is 23.2 Å². The molecule has 0 aliphatic carbocycles. The van der Waals surface area contributed by atoms with Crippen LogP contribution in [0.25, 0.3) is 0 Å². The van der Waals surface area contributed by atoms with Crippen molar-refractivity contribution in [3.05, 3.63) is 63.6 Å². The van der Waals surface area contributed by atoms with E-state index in [1.165, 1.54) is 18.4 Å². The van der Waals surface area contributed by atoms with Gasteiger partial charge in [-0.2, -0.15) is 0 Å². The Morgan fingerprint density at radius 3 is 2.28 bits per heavy atom. The zero-order valence-electron chi connectivity index (χ0n) is 16.6. The minimum atomic E-state index is -3.43. The predicted octanol–water partition coefficient (Wildman–Crippen LogP) is 4.29. The van der Waals surface area contributed by atoms with Crippen molar-refractivity contribution >= 4 is 63.2 Å². The second-order valence-electron chi connectivity index (χ2n) is 6.39. The van der Waals surface area contributed by atoms with E-state index in [9.17, 15) is 8.42 Å². The van der Waals surface area contributed by atoms with Gasteiger partial charge in [-0.25, -0.2) is 12.7 Å². The minimum absolute atomic E-state index is 0. The van der Waals surface area contributed by atoms with Gasteiger partial charge in [0.2, 0.25) is 10.0 Å². The molecule has 1 atom stereocenters. The Morgan fingerprint density at radius 2 is 1.76 bits per heavy atom. The van der Waals surface area contributed by atoms with E-state index < -0.39 is 10.0 Å². The summed E-state index contributed by atoms with van der Waals surface area (Å²) in [6, 6.07) is 12.0. The molecular formula is C19H25Cl2IN4O2S. The second kappa shape index (κ2) is 11.4. The topological polar surface area (TPSA) is 73.8 Å². The number of halogens is 3. The smallest absolute Gasteiger partial charge is 0.242 e. The van der Waals surface area contributed by atoms with Gasteiger partial charge in [0.1, 0.15) is 0 Å². The molecular weight excluding hydrogens is 546 g/mol. The van der Waals surface area contributed by atoms with Crippen molar-refractivity contribution in [2.24, 2.45) is 4.99 Å². The van der Waals surface area contributed by atoms with Gasteiger partial charge >= 0.3 is 0 Å². The molecule has 0 aliphatic rings. The maximum Gasteiger partial charge on any atom is 0.242 e. The second-order valence-corrected chi connectivity index (χ2v) is 9.38. The van der Waals surface area contributed by atoms with Gasteiger partial charge in [-0.15, -0.1) is 24.0 Å².